The molecular weight excluding hydrogens is 220 g/mol. The van der Waals surface area contributed by atoms with Crippen LogP contribution < -0.4 is 5.32 Å². The van der Waals surface area contributed by atoms with Crippen LogP contribution in [-0.4, -0.2) is 77.3 Å². The lowest BCUT2D eigenvalue weighted by Gasteiger charge is -2.26. The molecule has 0 aliphatic carbocycles. The molecule has 1 saturated heterocycles. The molecule has 102 valence electrons. The highest BCUT2D eigenvalue weighted by Crippen LogP contribution is 1.95. The molecule has 5 nitrogen and oxygen atoms in total. The Balaban J connectivity index is 1.75. The van der Waals surface area contributed by atoms with Gasteiger partial charge in [-0.15, -0.1) is 0 Å². The van der Waals surface area contributed by atoms with Crippen LogP contribution in [0, 0.1) is 0 Å². The highest BCUT2D eigenvalue weighted by molar-refractivity contribution is 4.60. The number of nitrogens with zero attached hydrogens (tertiary/aromatic N) is 1. The molecule has 1 aliphatic rings. The standard InChI is InChI=1S/C12H26N2O3/c1-2-15-8-3-13-4-9-16-10-5-14-6-11-17-12-7-14/h13H,2-12H2,1H3. The highest BCUT2D eigenvalue weighted by atomic mass is 16.5. The van der Waals surface area contributed by atoms with Gasteiger partial charge in [-0.3, -0.25) is 4.90 Å². The van der Waals surface area contributed by atoms with Gasteiger partial charge in [0.2, 0.25) is 0 Å². The Morgan fingerprint density at radius 3 is 2.47 bits per heavy atom. The Hall–Kier alpha value is -0.200. The van der Waals surface area contributed by atoms with Crippen molar-refractivity contribution in [2.75, 3.05) is 72.4 Å². The topological polar surface area (TPSA) is 43.0 Å². The van der Waals surface area contributed by atoms with Crippen molar-refractivity contribution in [1.29, 1.82) is 0 Å². The van der Waals surface area contributed by atoms with Gasteiger partial charge in [0.05, 0.1) is 33.0 Å². The first-order chi connectivity index (χ1) is 8.43. The third-order valence-electron chi connectivity index (χ3n) is 2.71. The summed E-state index contributed by atoms with van der Waals surface area (Å²) in [4.78, 5) is 2.38. The van der Waals surface area contributed by atoms with E-state index in [0.717, 1.165) is 72.4 Å². The highest BCUT2D eigenvalue weighted by Gasteiger charge is 2.08. The molecule has 0 amide bonds. The van der Waals surface area contributed by atoms with E-state index in [1.165, 1.54) is 0 Å². The first-order valence-electron chi connectivity index (χ1n) is 6.59. The zero-order chi connectivity index (χ0) is 12.2. The summed E-state index contributed by atoms with van der Waals surface area (Å²) in [6.07, 6.45) is 0. The number of ether oxygens (including phenoxy) is 3. The molecule has 0 saturated carbocycles. The van der Waals surface area contributed by atoms with Gasteiger partial charge in [0.1, 0.15) is 0 Å². The normalized spacial score (nSPS) is 17.5. The van der Waals surface area contributed by atoms with E-state index in [2.05, 4.69) is 10.2 Å². The fraction of sp³-hybridized carbons (Fsp3) is 1.00. The predicted octanol–water partition coefficient (Wildman–Crippen LogP) is -0.0387. The Morgan fingerprint density at radius 1 is 1.06 bits per heavy atom. The van der Waals surface area contributed by atoms with Gasteiger partial charge in [0, 0.05) is 39.3 Å². The van der Waals surface area contributed by atoms with Crippen molar-refractivity contribution in [2.24, 2.45) is 0 Å². The van der Waals surface area contributed by atoms with Crippen molar-refractivity contribution in [3.63, 3.8) is 0 Å². The van der Waals surface area contributed by atoms with E-state index in [1.807, 2.05) is 6.92 Å². The molecule has 0 unspecified atom stereocenters. The van der Waals surface area contributed by atoms with Crippen molar-refractivity contribution < 1.29 is 14.2 Å². The molecule has 0 aromatic heterocycles. The Morgan fingerprint density at radius 2 is 1.76 bits per heavy atom. The number of hydrogen-bond acceptors (Lipinski definition) is 5. The summed E-state index contributed by atoms with van der Waals surface area (Å²) in [5, 5.41) is 3.28. The van der Waals surface area contributed by atoms with Gasteiger partial charge in [0.15, 0.2) is 0 Å². The second kappa shape index (κ2) is 10.9. The Bertz CT molecular complexity index is 164. The predicted molar refractivity (Wildman–Crippen MR) is 67.4 cm³/mol. The van der Waals surface area contributed by atoms with Gasteiger partial charge < -0.3 is 19.5 Å². The van der Waals surface area contributed by atoms with Gasteiger partial charge >= 0.3 is 0 Å². The van der Waals surface area contributed by atoms with Crippen molar-refractivity contribution in [3.05, 3.63) is 0 Å². The summed E-state index contributed by atoms with van der Waals surface area (Å²) in [6.45, 7) is 11.8. The molecule has 0 bridgehead atoms. The van der Waals surface area contributed by atoms with E-state index < -0.39 is 0 Å². The summed E-state index contributed by atoms with van der Waals surface area (Å²) in [5.74, 6) is 0. The lowest BCUT2D eigenvalue weighted by atomic mass is 10.4. The zero-order valence-electron chi connectivity index (χ0n) is 11.0. The fourth-order valence-corrected chi connectivity index (χ4v) is 1.68. The smallest absolute Gasteiger partial charge is 0.0594 e. The monoisotopic (exact) mass is 246 g/mol. The van der Waals surface area contributed by atoms with Crippen LogP contribution in [0.2, 0.25) is 0 Å². The van der Waals surface area contributed by atoms with Crippen molar-refractivity contribution in [3.8, 4) is 0 Å². The average molecular weight is 246 g/mol. The molecule has 1 rings (SSSR count). The van der Waals surface area contributed by atoms with Crippen LogP contribution in [0.5, 0.6) is 0 Å². The van der Waals surface area contributed by atoms with Crippen LogP contribution in [0.4, 0.5) is 0 Å². The van der Waals surface area contributed by atoms with E-state index in [9.17, 15) is 0 Å². The SMILES string of the molecule is CCOCCNCCOCCN1CCOCC1. The molecule has 1 heterocycles. The van der Waals surface area contributed by atoms with Crippen LogP contribution in [0.25, 0.3) is 0 Å². The zero-order valence-corrected chi connectivity index (χ0v) is 11.0. The molecule has 1 fully saturated rings. The number of nitrogens with one attached hydrogen (secondary N) is 1. The lowest BCUT2D eigenvalue weighted by Crippen LogP contribution is -2.38. The van der Waals surface area contributed by atoms with Crippen molar-refractivity contribution in [2.45, 2.75) is 6.92 Å². The van der Waals surface area contributed by atoms with E-state index in [-0.39, 0.29) is 0 Å². The van der Waals surface area contributed by atoms with Crippen LogP contribution in [0.3, 0.4) is 0 Å². The van der Waals surface area contributed by atoms with Gasteiger partial charge in [-0.2, -0.15) is 0 Å². The molecule has 0 atom stereocenters. The third kappa shape index (κ3) is 8.51. The van der Waals surface area contributed by atoms with Crippen LogP contribution in [-0.2, 0) is 14.2 Å². The van der Waals surface area contributed by atoms with E-state index in [1.54, 1.807) is 0 Å². The molecule has 0 aromatic carbocycles. The van der Waals surface area contributed by atoms with Crippen LogP contribution >= 0.6 is 0 Å². The Kier molecular flexibility index (Phi) is 9.55. The summed E-state index contributed by atoms with van der Waals surface area (Å²) in [7, 11) is 0. The number of morpholine rings is 1. The van der Waals surface area contributed by atoms with Crippen LogP contribution in [0.15, 0.2) is 0 Å². The maximum absolute atomic E-state index is 5.56. The summed E-state index contributed by atoms with van der Waals surface area (Å²) in [6, 6.07) is 0. The molecule has 0 aromatic rings. The first kappa shape index (κ1) is 14.9. The maximum atomic E-state index is 5.56. The molecular formula is C12H26N2O3. The van der Waals surface area contributed by atoms with E-state index in [4.69, 9.17) is 14.2 Å². The number of hydrogen-bond donors (Lipinski definition) is 1. The van der Waals surface area contributed by atoms with Crippen molar-refractivity contribution in [1.82, 2.24) is 10.2 Å². The molecule has 5 heteroatoms. The van der Waals surface area contributed by atoms with Gasteiger partial charge in [0.25, 0.3) is 0 Å². The lowest BCUT2D eigenvalue weighted by molar-refractivity contribution is 0.0207. The fourth-order valence-electron chi connectivity index (χ4n) is 1.68. The molecule has 1 aliphatic heterocycles. The molecule has 0 spiro atoms. The minimum atomic E-state index is 0.774. The third-order valence-corrected chi connectivity index (χ3v) is 2.71. The van der Waals surface area contributed by atoms with Crippen LogP contribution in [0.1, 0.15) is 6.92 Å². The minimum Gasteiger partial charge on any atom is -0.380 e. The summed E-state index contributed by atoms with van der Waals surface area (Å²) < 4.78 is 16.1. The minimum absolute atomic E-state index is 0.774. The largest absolute Gasteiger partial charge is 0.380 e. The van der Waals surface area contributed by atoms with Gasteiger partial charge in [-0.05, 0) is 6.92 Å². The maximum Gasteiger partial charge on any atom is 0.0594 e. The van der Waals surface area contributed by atoms with E-state index >= 15 is 0 Å². The van der Waals surface area contributed by atoms with Gasteiger partial charge in [-0.25, -0.2) is 0 Å². The second-order valence-electron chi connectivity index (χ2n) is 4.01. The van der Waals surface area contributed by atoms with E-state index in [0.29, 0.717) is 0 Å². The van der Waals surface area contributed by atoms with Gasteiger partial charge in [-0.1, -0.05) is 0 Å². The average Bonchev–Trinajstić information content (AvgIpc) is 2.38. The Labute approximate surface area is 104 Å². The quantitative estimate of drug-likeness (QED) is 0.548. The van der Waals surface area contributed by atoms with Crippen molar-refractivity contribution >= 4 is 0 Å². The first-order valence-corrected chi connectivity index (χ1v) is 6.59. The number of rotatable bonds is 10. The summed E-state index contributed by atoms with van der Waals surface area (Å²) in [5.41, 5.74) is 0. The summed E-state index contributed by atoms with van der Waals surface area (Å²) >= 11 is 0. The molecule has 17 heavy (non-hydrogen) atoms. The molecule has 0 radical (unpaired) electrons. The molecule has 1 N–H and O–H groups in total. The second-order valence-corrected chi connectivity index (χ2v) is 4.01.